The molecule has 0 aromatic heterocycles. The van der Waals surface area contributed by atoms with Gasteiger partial charge in [0.1, 0.15) is 11.5 Å². The van der Waals surface area contributed by atoms with Gasteiger partial charge in [-0.05, 0) is 45.0 Å². The minimum atomic E-state index is -2.94. The summed E-state index contributed by atoms with van der Waals surface area (Å²) >= 11 is 0. The number of fused-ring (bicyclic) bond motifs is 2. The number of benzene rings is 3. The van der Waals surface area contributed by atoms with Gasteiger partial charge in [-0.2, -0.15) is 0 Å². The normalized spacial score (nSPS) is 14.5. The number of rotatable bonds is 1. The van der Waals surface area contributed by atoms with E-state index in [-0.39, 0.29) is 0 Å². The van der Waals surface area contributed by atoms with E-state index in [1.54, 1.807) is 0 Å². The van der Waals surface area contributed by atoms with Crippen LogP contribution in [-0.2, 0) is 4.57 Å². The Kier molecular flexibility index (Phi) is 3.40. The fourth-order valence-electron chi connectivity index (χ4n) is 3.20. The average Bonchev–Trinajstić information content (AvgIpc) is 2.57. The molecule has 0 amide bonds. The maximum absolute atomic E-state index is 14.4. The lowest BCUT2D eigenvalue weighted by molar-refractivity contribution is 0.485. The zero-order chi connectivity index (χ0) is 16.9. The summed E-state index contributed by atoms with van der Waals surface area (Å²) in [5, 5.41) is 2.45. The molecule has 0 saturated carbocycles. The van der Waals surface area contributed by atoms with Crippen molar-refractivity contribution >= 4 is 23.1 Å². The van der Waals surface area contributed by atoms with Crippen LogP contribution < -0.4 is 20.7 Å². The predicted octanol–water partition coefficient (Wildman–Crippen LogP) is 4.36. The fourth-order valence-corrected chi connectivity index (χ4v) is 6.22. The van der Waals surface area contributed by atoms with Gasteiger partial charge in [0.15, 0.2) is 7.14 Å². The summed E-state index contributed by atoms with van der Waals surface area (Å²) in [6.45, 7) is 6.08. The second-order valence-electron chi connectivity index (χ2n) is 6.49. The minimum absolute atomic E-state index is 0.695. The second kappa shape index (κ2) is 5.36. The van der Waals surface area contributed by atoms with E-state index >= 15 is 0 Å². The van der Waals surface area contributed by atoms with Crippen LogP contribution in [0.25, 0.3) is 0 Å². The van der Waals surface area contributed by atoms with E-state index in [0.29, 0.717) is 11.5 Å². The topological polar surface area (TPSA) is 26.3 Å². The summed E-state index contributed by atoms with van der Waals surface area (Å²) in [6, 6.07) is 19.9. The maximum Gasteiger partial charge on any atom is 0.178 e. The highest BCUT2D eigenvalue weighted by atomic mass is 31.2. The molecule has 0 N–H and O–H groups in total. The van der Waals surface area contributed by atoms with Gasteiger partial charge < -0.3 is 9.30 Å². The van der Waals surface area contributed by atoms with Gasteiger partial charge in [-0.15, -0.1) is 0 Å². The monoisotopic (exact) mass is 334 g/mol. The van der Waals surface area contributed by atoms with E-state index in [1.165, 1.54) is 0 Å². The van der Waals surface area contributed by atoms with Crippen molar-refractivity contribution in [2.45, 2.75) is 20.8 Å². The molecule has 0 unspecified atom stereocenters. The van der Waals surface area contributed by atoms with Gasteiger partial charge in [0.05, 0.1) is 10.6 Å². The first-order valence-corrected chi connectivity index (χ1v) is 9.77. The van der Waals surface area contributed by atoms with Crippen molar-refractivity contribution in [1.29, 1.82) is 0 Å². The molecule has 0 fully saturated rings. The molecule has 24 heavy (non-hydrogen) atoms. The Hall–Kier alpha value is -2.31. The zero-order valence-electron chi connectivity index (χ0n) is 14.0. The third-order valence-corrected chi connectivity index (χ3v) is 7.61. The molecule has 3 heteroatoms. The van der Waals surface area contributed by atoms with Crippen LogP contribution in [0.3, 0.4) is 0 Å². The van der Waals surface area contributed by atoms with Gasteiger partial charge in [0.25, 0.3) is 0 Å². The molecular weight excluding hydrogens is 315 g/mol. The highest BCUT2D eigenvalue weighted by molar-refractivity contribution is 7.85. The molecule has 2 nitrogen and oxygen atoms in total. The molecule has 120 valence electrons. The van der Waals surface area contributed by atoms with Gasteiger partial charge >= 0.3 is 0 Å². The number of aryl methyl sites for hydroxylation is 3. The highest BCUT2D eigenvalue weighted by Gasteiger charge is 2.39. The van der Waals surface area contributed by atoms with Gasteiger partial charge in [-0.3, -0.25) is 0 Å². The first-order valence-electron chi connectivity index (χ1n) is 8.06. The Morgan fingerprint density at radius 3 is 1.62 bits per heavy atom. The molecule has 0 atom stereocenters. The first-order chi connectivity index (χ1) is 11.5. The SMILES string of the molecule is Cc1ccc(P2(=O)c3cc(C)ccc3Oc3ccc(C)cc32)cc1. The van der Waals surface area contributed by atoms with Crippen LogP contribution in [0.15, 0.2) is 60.7 Å². The lowest BCUT2D eigenvalue weighted by Gasteiger charge is -2.29. The van der Waals surface area contributed by atoms with Gasteiger partial charge in [0.2, 0.25) is 0 Å². The minimum Gasteiger partial charge on any atom is -0.456 e. The van der Waals surface area contributed by atoms with E-state index in [1.807, 2.05) is 81.4 Å². The Labute approximate surface area is 142 Å². The number of hydrogen-bond donors (Lipinski definition) is 0. The Morgan fingerprint density at radius 1 is 0.667 bits per heavy atom. The van der Waals surface area contributed by atoms with Crippen molar-refractivity contribution in [1.82, 2.24) is 0 Å². The fraction of sp³-hybridized carbons (Fsp3) is 0.143. The van der Waals surface area contributed by atoms with Crippen molar-refractivity contribution in [3.8, 4) is 11.5 Å². The second-order valence-corrected chi connectivity index (χ2v) is 9.19. The van der Waals surface area contributed by atoms with Gasteiger partial charge in [-0.1, -0.05) is 53.1 Å². The number of ether oxygens (including phenoxy) is 1. The van der Waals surface area contributed by atoms with E-state index in [2.05, 4.69) is 0 Å². The maximum atomic E-state index is 14.4. The largest absolute Gasteiger partial charge is 0.456 e. The van der Waals surface area contributed by atoms with Crippen molar-refractivity contribution in [3.05, 3.63) is 77.4 Å². The van der Waals surface area contributed by atoms with E-state index in [4.69, 9.17) is 4.74 Å². The first kappa shape index (κ1) is 15.2. The summed E-state index contributed by atoms with van der Waals surface area (Å²) in [5.41, 5.74) is 3.33. The van der Waals surface area contributed by atoms with E-state index in [0.717, 1.165) is 32.6 Å². The van der Waals surface area contributed by atoms with Crippen LogP contribution in [0.4, 0.5) is 0 Å². The van der Waals surface area contributed by atoms with Gasteiger partial charge in [0, 0.05) is 5.30 Å². The van der Waals surface area contributed by atoms with Crippen molar-refractivity contribution < 1.29 is 9.30 Å². The average molecular weight is 334 g/mol. The van der Waals surface area contributed by atoms with Crippen LogP contribution in [0.5, 0.6) is 11.5 Å². The summed E-state index contributed by atoms with van der Waals surface area (Å²) in [7, 11) is -2.94. The third-order valence-electron chi connectivity index (χ3n) is 4.52. The van der Waals surface area contributed by atoms with E-state index in [9.17, 15) is 4.57 Å². The lowest BCUT2D eigenvalue weighted by atomic mass is 10.2. The van der Waals surface area contributed by atoms with Crippen LogP contribution in [0.2, 0.25) is 0 Å². The molecule has 1 heterocycles. The highest BCUT2D eigenvalue weighted by Crippen LogP contribution is 2.51. The molecule has 1 aliphatic rings. The summed E-state index contributed by atoms with van der Waals surface area (Å²) in [4.78, 5) is 0. The molecule has 0 radical (unpaired) electrons. The van der Waals surface area contributed by atoms with Crippen LogP contribution >= 0.6 is 7.14 Å². The molecular formula is C21H19O2P. The molecule has 0 aliphatic carbocycles. The molecule has 0 spiro atoms. The summed E-state index contributed by atoms with van der Waals surface area (Å²) in [6.07, 6.45) is 0. The Bertz CT molecular complexity index is 932. The van der Waals surface area contributed by atoms with Crippen molar-refractivity contribution in [2.75, 3.05) is 0 Å². The van der Waals surface area contributed by atoms with Crippen molar-refractivity contribution in [3.63, 3.8) is 0 Å². The quantitative estimate of drug-likeness (QED) is 0.484. The smallest absolute Gasteiger partial charge is 0.178 e. The van der Waals surface area contributed by atoms with Crippen LogP contribution in [0.1, 0.15) is 16.7 Å². The Balaban J connectivity index is 2.08. The summed E-state index contributed by atoms with van der Waals surface area (Å²) in [5.74, 6) is 1.39. The molecule has 1 aliphatic heterocycles. The van der Waals surface area contributed by atoms with Crippen LogP contribution in [0, 0.1) is 20.8 Å². The van der Waals surface area contributed by atoms with E-state index < -0.39 is 7.14 Å². The zero-order valence-corrected chi connectivity index (χ0v) is 14.9. The van der Waals surface area contributed by atoms with Crippen LogP contribution in [-0.4, -0.2) is 0 Å². The molecule has 0 bridgehead atoms. The molecule has 0 saturated heterocycles. The standard InChI is InChI=1S/C21H19O2P/c1-14-4-8-17(9-5-14)24(22)20-12-15(2)6-10-18(20)23-19-11-7-16(3)13-21(19)24/h4-13H,1-3H3. The molecule has 4 rings (SSSR count). The lowest BCUT2D eigenvalue weighted by Crippen LogP contribution is -2.31. The predicted molar refractivity (Wildman–Crippen MR) is 100 cm³/mol. The van der Waals surface area contributed by atoms with Crippen molar-refractivity contribution in [2.24, 2.45) is 0 Å². The third kappa shape index (κ3) is 2.22. The summed E-state index contributed by atoms with van der Waals surface area (Å²) < 4.78 is 20.5. The number of hydrogen-bond acceptors (Lipinski definition) is 2. The van der Waals surface area contributed by atoms with Gasteiger partial charge in [-0.25, -0.2) is 0 Å². The molecule has 3 aromatic carbocycles. The molecule has 3 aromatic rings. The Morgan fingerprint density at radius 2 is 1.12 bits per heavy atom.